The molecule has 0 unspecified atom stereocenters. The van der Waals surface area contributed by atoms with Gasteiger partial charge in [0.05, 0.1) is 0 Å². The molecule has 84 valence electrons. The lowest BCUT2D eigenvalue weighted by molar-refractivity contribution is 0.433. The van der Waals surface area contributed by atoms with E-state index in [1.165, 1.54) is 11.0 Å². The number of hydrogen-bond donors (Lipinski definition) is 1. The van der Waals surface area contributed by atoms with E-state index in [1.807, 2.05) is 0 Å². The van der Waals surface area contributed by atoms with Gasteiger partial charge in [-0.3, -0.25) is 4.68 Å². The molecular weight excluding hydrogens is 218 g/mol. The van der Waals surface area contributed by atoms with Crippen LogP contribution < -0.4 is 10.5 Å². The maximum atomic E-state index is 13.1. The number of benzene rings is 1. The van der Waals surface area contributed by atoms with Crippen LogP contribution in [-0.4, -0.2) is 14.8 Å². The molecule has 0 aliphatic carbocycles. The fourth-order valence-corrected chi connectivity index (χ4v) is 1.11. The second-order valence-corrected chi connectivity index (χ2v) is 3.10. The third-order valence-electron chi connectivity index (χ3n) is 1.84. The first kappa shape index (κ1) is 10.3. The molecule has 0 aliphatic heterocycles. The van der Waals surface area contributed by atoms with Crippen LogP contribution in [0.15, 0.2) is 18.5 Å². The zero-order chi connectivity index (χ0) is 11.7. The number of rotatable bonds is 2. The molecular formula is C9H8F2N4O. The first-order valence-electron chi connectivity index (χ1n) is 4.34. The van der Waals surface area contributed by atoms with E-state index in [0.29, 0.717) is 6.07 Å². The summed E-state index contributed by atoms with van der Waals surface area (Å²) in [6.07, 6.45) is 1.39. The van der Waals surface area contributed by atoms with Crippen LogP contribution in [-0.2, 0) is 7.05 Å². The molecule has 2 N–H and O–H groups in total. The van der Waals surface area contributed by atoms with Gasteiger partial charge in [-0.15, -0.1) is 5.10 Å². The van der Waals surface area contributed by atoms with Crippen LogP contribution in [0, 0.1) is 11.6 Å². The maximum absolute atomic E-state index is 13.1. The summed E-state index contributed by atoms with van der Waals surface area (Å²) in [5.74, 6) is -1.81. The summed E-state index contributed by atoms with van der Waals surface area (Å²) in [5.41, 5.74) is 5.09. The Labute approximate surface area is 89.5 Å². The third kappa shape index (κ3) is 1.92. The van der Waals surface area contributed by atoms with E-state index in [1.54, 1.807) is 7.05 Å². The number of anilines is 1. The van der Waals surface area contributed by atoms with E-state index in [9.17, 15) is 8.78 Å². The van der Waals surface area contributed by atoms with E-state index in [4.69, 9.17) is 10.5 Å². The van der Waals surface area contributed by atoms with E-state index in [2.05, 4.69) is 10.1 Å². The van der Waals surface area contributed by atoms with Crippen molar-refractivity contribution in [1.82, 2.24) is 14.8 Å². The topological polar surface area (TPSA) is 66.0 Å². The first-order valence-corrected chi connectivity index (χ1v) is 4.34. The third-order valence-corrected chi connectivity index (χ3v) is 1.84. The summed E-state index contributed by atoms with van der Waals surface area (Å²) < 4.78 is 32.4. The Morgan fingerprint density at radius 2 is 2.12 bits per heavy atom. The summed E-state index contributed by atoms with van der Waals surface area (Å²) in [7, 11) is 1.63. The van der Waals surface area contributed by atoms with E-state index in [-0.39, 0.29) is 17.4 Å². The number of aromatic nitrogens is 3. The highest BCUT2D eigenvalue weighted by molar-refractivity contribution is 5.54. The number of aryl methyl sites for hydroxylation is 1. The van der Waals surface area contributed by atoms with Crippen molar-refractivity contribution >= 4 is 5.69 Å². The van der Waals surface area contributed by atoms with Crippen LogP contribution in [0.5, 0.6) is 11.8 Å². The molecule has 0 fully saturated rings. The fraction of sp³-hybridized carbons (Fsp3) is 0.111. The molecule has 0 amide bonds. The normalized spacial score (nSPS) is 10.4. The predicted octanol–water partition coefficient (Wildman–Crippen LogP) is 1.47. The average Bonchev–Trinajstić information content (AvgIpc) is 2.60. The minimum atomic E-state index is -0.883. The smallest absolute Gasteiger partial charge is 0.341 e. The van der Waals surface area contributed by atoms with Gasteiger partial charge in [0.2, 0.25) is 0 Å². The monoisotopic (exact) mass is 226 g/mol. The Morgan fingerprint density at radius 1 is 1.38 bits per heavy atom. The van der Waals surface area contributed by atoms with Gasteiger partial charge in [-0.2, -0.15) is 4.98 Å². The Bertz CT molecular complexity index is 526. The standard InChI is InChI=1S/C9H8F2N4O/c1-15-4-13-9(14-15)16-7-3-5(10)2-6(11)8(7)12/h2-4H,12H2,1H3. The quantitative estimate of drug-likeness (QED) is 0.787. The average molecular weight is 226 g/mol. The summed E-state index contributed by atoms with van der Waals surface area (Å²) in [6.45, 7) is 0. The minimum absolute atomic E-state index is 0.0285. The maximum Gasteiger partial charge on any atom is 0.341 e. The lowest BCUT2D eigenvalue weighted by Gasteiger charge is -2.05. The Balaban J connectivity index is 2.34. The highest BCUT2D eigenvalue weighted by Gasteiger charge is 2.11. The largest absolute Gasteiger partial charge is 0.421 e. The first-order chi connectivity index (χ1) is 7.56. The van der Waals surface area contributed by atoms with E-state index < -0.39 is 11.6 Å². The minimum Gasteiger partial charge on any atom is -0.421 e. The van der Waals surface area contributed by atoms with Gasteiger partial charge in [-0.05, 0) is 0 Å². The van der Waals surface area contributed by atoms with Gasteiger partial charge < -0.3 is 10.5 Å². The van der Waals surface area contributed by atoms with Crippen LogP contribution in [0.3, 0.4) is 0 Å². The predicted molar refractivity (Wildman–Crippen MR) is 51.8 cm³/mol. The van der Waals surface area contributed by atoms with Gasteiger partial charge in [-0.1, -0.05) is 0 Å². The number of halogens is 2. The molecule has 16 heavy (non-hydrogen) atoms. The molecule has 0 atom stereocenters. The second-order valence-electron chi connectivity index (χ2n) is 3.10. The van der Waals surface area contributed by atoms with Gasteiger partial charge in [0.15, 0.2) is 11.6 Å². The number of hydrogen-bond acceptors (Lipinski definition) is 4. The summed E-state index contributed by atoms with van der Waals surface area (Å²) in [4.78, 5) is 3.74. The molecule has 0 radical (unpaired) electrons. The van der Waals surface area contributed by atoms with Gasteiger partial charge in [0.25, 0.3) is 0 Å². The SMILES string of the molecule is Cn1cnc(Oc2cc(F)cc(F)c2N)n1. The zero-order valence-electron chi connectivity index (χ0n) is 8.32. The van der Waals surface area contributed by atoms with E-state index in [0.717, 1.165) is 6.07 Å². The number of nitrogen functional groups attached to an aromatic ring is 1. The molecule has 0 spiro atoms. The highest BCUT2D eigenvalue weighted by atomic mass is 19.1. The van der Waals surface area contributed by atoms with Crippen molar-refractivity contribution in [3.8, 4) is 11.8 Å². The molecule has 7 heteroatoms. The number of nitrogens with two attached hydrogens (primary N) is 1. The van der Waals surface area contributed by atoms with Gasteiger partial charge in [0, 0.05) is 19.2 Å². The Kier molecular flexibility index (Phi) is 2.43. The Hall–Kier alpha value is -2.18. The van der Waals surface area contributed by atoms with Crippen LogP contribution >= 0.6 is 0 Å². The molecule has 2 rings (SSSR count). The van der Waals surface area contributed by atoms with Crippen molar-refractivity contribution in [2.45, 2.75) is 0 Å². The van der Waals surface area contributed by atoms with Crippen LogP contribution in [0.4, 0.5) is 14.5 Å². The molecule has 0 saturated heterocycles. The molecule has 0 saturated carbocycles. The molecule has 1 aromatic carbocycles. The lowest BCUT2D eigenvalue weighted by atomic mass is 10.3. The van der Waals surface area contributed by atoms with Crippen molar-refractivity contribution in [2.75, 3.05) is 5.73 Å². The molecule has 1 heterocycles. The van der Waals surface area contributed by atoms with Crippen molar-refractivity contribution in [3.63, 3.8) is 0 Å². The number of nitrogens with zero attached hydrogens (tertiary/aromatic N) is 3. The lowest BCUT2D eigenvalue weighted by Crippen LogP contribution is -1.98. The fourth-order valence-electron chi connectivity index (χ4n) is 1.11. The van der Waals surface area contributed by atoms with Gasteiger partial charge in [0.1, 0.15) is 17.8 Å². The zero-order valence-corrected chi connectivity index (χ0v) is 8.32. The van der Waals surface area contributed by atoms with Crippen LogP contribution in [0.2, 0.25) is 0 Å². The van der Waals surface area contributed by atoms with E-state index >= 15 is 0 Å². The van der Waals surface area contributed by atoms with Crippen LogP contribution in [0.25, 0.3) is 0 Å². The van der Waals surface area contributed by atoms with Crippen molar-refractivity contribution in [2.24, 2.45) is 7.05 Å². The number of ether oxygens (including phenoxy) is 1. The molecule has 5 nitrogen and oxygen atoms in total. The van der Waals surface area contributed by atoms with Gasteiger partial charge >= 0.3 is 6.01 Å². The Morgan fingerprint density at radius 3 is 2.75 bits per heavy atom. The molecule has 2 aromatic rings. The van der Waals surface area contributed by atoms with Crippen LogP contribution in [0.1, 0.15) is 0 Å². The summed E-state index contributed by atoms with van der Waals surface area (Å²) in [5, 5.41) is 3.79. The summed E-state index contributed by atoms with van der Waals surface area (Å²) in [6, 6.07) is 1.61. The second kappa shape index (κ2) is 3.76. The molecule has 1 aromatic heterocycles. The highest BCUT2D eigenvalue weighted by Crippen LogP contribution is 2.28. The van der Waals surface area contributed by atoms with Gasteiger partial charge in [-0.25, -0.2) is 8.78 Å². The summed E-state index contributed by atoms with van der Waals surface area (Å²) >= 11 is 0. The van der Waals surface area contributed by atoms with Crippen molar-refractivity contribution < 1.29 is 13.5 Å². The van der Waals surface area contributed by atoms with Crippen molar-refractivity contribution in [3.05, 3.63) is 30.1 Å². The molecule has 0 bridgehead atoms. The van der Waals surface area contributed by atoms with Crippen molar-refractivity contribution in [1.29, 1.82) is 0 Å². The molecule has 0 aliphatic rings.